The van der Waals surface area contributed by atoms with Crippen molar-refractivity contribution in [2.45, 2.75) is 6.42 Å². The van der Waals surface area contributed by atoms with Crippen molar-refractivity contribution in [3.63, 3.8) is 0 Å². The monoisotopic (exact) mass is 318 g/mol. The summed E-state index contributed by atoms with van der Waals surface area (Å²) in [6, 6.07) is 16.2. The molecule has 5 heteroatoms. The minimum Gasteiger partial charge on any atom is -0.493 e. The summed E-state index contributed by atoms with van der Waals surface area (Å²) in [6.07, 6.45) is 0.883. The number of aliphatic imine (C=N–C) groups is 1. The standard InChI is InChI=1S/C17H19FN2OS/c18-15-6-8-16(9-7-15)21-12-13-22-17(19)20-11-10-14-4-2-1-3-5-14/h1-9H,10-13H2,(H2,19,20). The predicted octanol–water partition coefficient (Wildman–Crippen LogP) is 3.50. The van der Waals surface area contributed by atoms with Gasteiger partial charge >= 0.3 is 0 Å². The number of rotatable bonds is 7. The van der Waals surface area contributed by atoms with E-state index in [9.17, 15) is 4.39 Å². The van der Waals surface area contributed by atoms with Gasteiger partial charge in [0.25, 0.3) is 0 Å². The van der Waals surface area contributed by atoms with Gasteiger partial charge in [0.2, 0.25) is 0 Å². The molecular formula is C17H19FN2OS. The minimum absolute atomic E-state index is 0.267. The van der Waals surface area contributed by atoms with Gasteiger partial charge in [-0.2, -0.15) is 0 Å². The molecule has 0 fully saturated rings. The zero-order valence-electron chi connectivity index (χ0n) is 12.2. The number of benzene rings is 2. The molecule has 2 rings (SSSR count). The Kier molecular flexibility index (Phi) is 6.77. The molecular weight excluding hydrogens is 299 g/mol. The van der Waals surface area contributed by atoms with E-state index in [1.54, 1.807) is 12.1 Å². The van der Waals surface area contributed by atoms with Crippen molar-refractivity contribution < 1.29 is 9.13 Å². The van der Waals surface area contributed by atoms with Crippen LogP contribution < -0.4 is 10.5 Å². The van der Waals surface area contributed by atoms with Crippen molar-refractivity contribution in [2.24, 2.45) is 10.7 Å². The van der Waals surface area contributed by atoms with Gasteiger partial charge in [-0.05, 0) is 36.2 Å². The fraction of sp³-hybridized carbons (Fsp3) is 0.235. The van der Waals surface area contributed by atoms with E-state index in [1.807, 2.05) is 18.2 Å². The summed E-state index contributed by atoms with van der Waals surface area (Å²) in [4.78, 5) is 4.33. The van der Waals surface area contributed by atoms with Crippen LogP contribution in [0, 0.1) is 5.82 Å². The van der Waals surface area contributed by atoms with E-state index in [0.717, 1.165) is 6.42 Å². The number of hydrogen-bond donors (Lipinski definition) is 1. The lowest BCUT2D eigenvalue weighted by Crippen LogP contribution is -2.11. The van der Waals surface area contributed by atoms with Crippen molar-refractivity contribution in [2.75, 3.05) is 18.9 Å². The van der Waals surface area contributed by atoms with Crippen LogP contribution in [0.1, 0.15) is 5.56 Å². The SMILES string of the molecule is NC(=NCCc1ccccc1)SCCOc1ccc(F)cc1. The van der Waals surface area contributed by atoms with Gasteiger partial charge in [-0.15, -0.1) is 0 Å². The van der Waals surface area contributed by atoms with Crippen LogP contribution in [0.3, 0.4) is 0 Å². The number of thioether (sulfide) groups is 1. The topological polar surface area (TPSA) is 47.6 Å². The van der Waals surface area contributed by atoms with Gasteiger partial charge in [0.15, 0.2) is 5.17 Å². The molecule has 0 saturated heterocycles. The maximum absolute atomic E-state index is 12.7. The summed E-state index contributed by atoms with van der Waals surface area (Å²) in [5.41, 5.74) is 7.10. The highest BCUT2D eigenvalue weighted by Gasteiger charge is 1.98. The number of halogens is 1. The maximum atomic E-state index is 12.7. The molecule has 0 saturated carbocycles. The number of nitrogens with two attached hydrogens (primary N) is 1. The zero-order valence-corrected chi connectivity index (χ0v) is 13.1. The predicted molar refractivity (Wildman–Crippen MR) is 91.0 cm³/mol. The third-order valence-electron chi connectivity index (χ3n) is 2.93. The Bertz CT molecular complexity index is 587. The molecule has 22 heavy (non-hydrogen) atoms. The average molecular weight is 318 g/mol. The van der Waals surface area contributed by atoms with E-state index in [2.05, 4.69) is 17.1 Å². The van der Waals surface area contributed by atoms with E-state index < -0.39 is 0 Å². The fourth-order valence-electron chi connectivity index (χ4n) is 1.82. The van der Waals surface area contributed by atoms with Crippen LogP contribution >= 0.6 is 11.8 Å². The number of ether oxygens (including phenoxy) is 1. The van der Waals surface area contributed by atoms with E-state index in [-0.39, 0.29) is 5.82 Å². The molecule has 0 heterocycles. The highest BCUT2D eigenvalue weighted by atomic mass is 32.2. The molecule has 116 valence electrons. The summed E-state index contributed by atoms with van der Waals surface area (Å²) in [5, 5.41) is 0.568. The van der Waals surface area contributed by atoms with Crippen LogP contribution in [0.15, 0.2) is 59.6 Å². The molecule has 2 aromatic rings. The van der Waals surface area contributed by atoms with Crippen LogP contribution in [-0.2, 0) is 6.42 Å². The Morgan fingerprint density at radius 1 is 1.09 bits per heavy atom. The molecule has 0 spiro atoms. The number of nitrogens with zero attached hydrogens (tertiary/aromatic N) is 1. The van der Waals surface area contributed by atoms with Crippen molar-refractivity contribution in [1.82, 2.24) is 0 Å². The van der Waals surface area contributed by atoms with Gasteiger partial charge < -0.3 is 10.5 Å². The molecule has 3 nitrogen and oxygen atoms in total. The van der Waals surface area contributed by atoms with Crippen LogP contribution in [0.5, 0.6) is 5.75 Å². The highest BCUT2D eigenvalue weighted by Crippen LogP contribution is 2.11. The molecule has 0 aliphatic heterocycles. The van der Waals surface area contributed by atoms with E-state index >= 15 is 0 Å². The van der Waals surface area contributed by atoms with Gasteiger partial charge in [-0.1, -0.05) is 42.1 Å². The van der Waals surface area contributed by atoms with Crippen molar-refractivity contribution in [3.8, 4) is 5.75 Å². The Labute approximate surface area is 134 Å². The van der Waals surface area contributed by atoms with Gasteiger partial charge in [0, 0.05) is 12.3 Å². The molecule has 0 amide bonds. The molecule has 0 aromatic heterocycles. The number of hydrogen-bond acceptors (Lipinski definition) is 3. The van der Waals surface area contributed by atoms with Crippen molar-refractivity contribution >= 4 is 16.9 Å². The summed E-state index contributed by atoms with van der Waals surface area (Å²) in [6.45, 7) is 1.19. The lowest BCUT2D eigenvalue weighted by molar-refractivity contribution is 0.343. The smallest absolute Gasteiger partial charge is 0.154 e. The minimum atomic E-state index is -0.267. The van der Waals surface area contributed by atoms with Gasteiger partial charge in [0.05, 0.1) is 6.61 Å². The third kappa shape index (κ3) is 6.18. The summed E-state index contributed by atoms with van der Waals surface area (Å²) in [7, 11) is 0. The van der Waals surface area contributed by atoms with Crippen molar-refractivity contribution in [1.29, 1.82) is 0 Å². The quantitative estimate of drug-likeness (QED) is 0.483. The lowest BCUT2D eigenvalue weighted by Gasteiger charge is -2.05. The summed E-state index contributed by atoms with van der Waals surface area (Å²) >= 11 is 1.46. The number of amidine groups is 1. The molecule has 0 unspecified atom stereocenters. The second-order valence-electron chi connectivity index (χ2n) is 4.61. The molecule has 2 aromatic carbocycles. The van der Waals surface area contributed by atoms with Crippen LogP contribution in [-0.4, -0.2) is 24.1 Å². The molecule has 0 radical (unpaired) electrons. The van der Waals surface area contributed by atoms with Gasteiger partial charge in [0.1, 0.15) is 11.6 Å². The molecule has 0 bridgehead atoms. The van der Waals surface area contributed by atoms with Crippen LogP contribution in [0.2, 0.25) is 0 Å². The second-order valence-corrected chi connectivity index (χ2v) is 5.72. The zero-order chi connectivity index (χ0) is 15.6. The molecule has 0 aliphatic carbocycles. The summed E-state index contributed by atoms with van der Waals surface area (Å²) in [5.74, 6) is 1.09. The van der Waals surface area contributed by atoms with E-state index in [0.29, 0.717) is 29.8 Å². The highest BCUT2D eigenvalue weighted by molar-refractivity contribution is 8.13. The molecule has 0 atom stereocenters. The first kappa shape index (κ1) is 16.4. The Balaban J connectivity index is 1.61. The average Bonchev–Trinajstić information content (AvgIpc) is 2.54. The van der Waals surface area contributed by atoms with E-state index in [4.69, 9.17) is 10.5 Å². The largest absolute Gasteiger partial charge is 0.493 e. The Hall–Kier alpha value is -2.01. The lowest BCUT2D eigenvalue weighted by atomic mass is 10.2. The molecule has 2 N–H and O–H groups in total. The molecule has 0 aliphatic rings. The first-order valence-electron chi connectivity index (χ1n) is 7.09. The van der Waals surface area contributed by atoms with Gasteiger partial charge in [-0.25, -0.2) is 4.39 Å². The third-order valence-corrected chi connectivity index (χ3v) is 3.72. The van der Waals surface area contributed by atoms with Gasteiger partial charge in [-0.3, -0.25) is 4.99 Å². The van der Waals surface area contributed by atoms with Crippen molar-refractivity contribution in [3.05, 3.63) is 66.0 Å². The first-order valence-corrected chi connectivity index (χ1v) is 8.07. The Morgan fingerprint density at radius 2 is 1.82 bits per heavy atom. The fourth-order valence-corrected chi connectivity index (χ4v) is 2.38. The second kappa shape index (κ2) is 9.10. The Morgan fingerprint density at radius 3 is 2.55 bits per heavy atom. The van der Waals surface area contributed by atoms with Crippen LogP contribution in [0.4, 0.5) is 4.39 Å². The first-order chi connectivity index (χ1) is 10.7. The normalized spacial score (nSPS) is 11.4. The maximum Gasteiger partial charge on any atom is 0.154 e. The van der Waals surface area contributed by atoms with Crippen LogP contribution in [0.25, 0.3) is 0 Å². The summed E-state index contributed by atoms with van der Waals surface area (Å²) < 4.78 is 18.2. The van der Waals surface area contributed by atoms with E-state index in [1.165, 1.54) is 29.5 Å².